The van der Waals surface area contributed by atoms with Crippen molar-refractivity contribution < 1.29 is 14.4 Å². The lowest BCUT2D eigenvalue weighted by atomic mass is 10.0. The summed E-state index contributed by atoms with van der Waals surface area (Å²) in [7, 11) is 3.41. The van der Waals surface area contributed by atoms with Crippen LogP contribution in [0.15, 0.2) is 60.7 Å². The Kier molecular flexibility index (Phi) is 6.65. The van der Waals surface area contributed by atoms with Gasteiger partial charge in [-0.2, -0.15) is 0 Å². The summed E-state index contributed by atoms with van der Waals surface area (Å²) in [6, 6.07) is 17.5. The summed E-state index contributed by atoms with van der Waals surface area (Å²) in [5.41, 5.74) is 1.41. The summed E-state index contributed by atoms with van der Waals surface area (Å²) < 4.78 is 0. The van der Waals surface area contributed by atoms with Crippen LogP contribution in [0, 0.1) is 0 Å². The number of carbonyl (C=O) groups excluding carboxylic acids is 3. The lowest BCUT2D eigenvalue weighted by Crippen LogP contribution is -2.46. The molecule has 1 fully saturated rings. The number of nitrogens with zero attached hydrogens (tertiary/aromatic N) is 2. The summed E-state index contributed by atoms with van der Waals surface area (Å²) >= 11 is 0. The molecule has 29 heavy (non-hydrogen) atoms. The number of hydrogen-bond donors (Lipinski definition) is 1. The van der Waals surface area contributed by atoms with Crippen LogP contribution in [0.5, 0.6) is 0 Å². The van der Waals surface area contributed by atoms with Gasteiger partial charge in [-0.1, -0.05) is 48.5 Å². The zero-order valence-corrected chi connectivity index (χ0v) is 16.9. The Morgan fingerprint density at radius 2 is 1.66 bits per heavy atom. The molecule has 2 aromatic rings. The first-order valence-corrected chi connectivity index (χ1v) is 9.89. The van der Waals surface area contributed by atoms with Gasteiger partial charge in [0, 0.05) is 26.2 Å². The normalized spacial score (nSPS) is 16.9. The van der Waals surface area contributed by atoms with Crippen LogP contribution in [-0.4, -0.2) is 54.2 Å². The zero-order chi connectivity index (χ0) is 20.8. The second kappa shape index (κ2) is 9.37. The van der Waals surface area contributed by atoms with Gasteiger partial charge in [0.1, 0.15) is 6.04 Å². The third-order valence-electron chi connectivity index (χ3n) is 5.22. The van der Waals surface area contributed by atoms with Gasteiger partial charge < -0.3 is 15.1 Å². The van der Waals surface area contributed by atoms with Crippen LogP contribution in [0.2, 0.25) is 0 Å². The van der Waals surface area contributed by atoms with E-state index in [1.54, 1.807) is 43.3 Å². The Morgan fingerprint density at radius 3 is 2.28 bits per heavy atom. The molecule has 152 valence electrons. The van der Waals surface area contributed by atoms with E-state index in [0.29, 0.717) is 18.5 Å². The summed E-state index contributed by atoms with van der Waals surface area (Å²) in [6.07, 6.45) is 1.59. The van der Waals surface area contributed by atoms with E-state index in [9.17, 15) is 14.4 Å². The molecule has 3 amide bonds. The second-order valence-electron chi connectivity index (χ2n) is 7.48. The van der Waals surface area contributed by atoms with Crippen LogP contribution in [0.4, 0.5) is 0 Å². The quantitative estimate of drug-likeness (QED) is 0.820. The van der Waals surface area contributed by atoms with Crippen molar-refractivity contribution in [3.63, 3.8) is 0 Å². The van der Waals surface area contributed by atoms with Crippen molar-refractivity contribution in [2.24, 2.45) is 0 Å². The van der Waals surface area contributed by atoms with Gasteiger partial charge in [-0.25, -0.2) is 0 Å². The monoisotopic (exact) mass is 393 g/mol. The Hall–Kier alpha value is -3.15. The molecule has 0 radical (unpaired) electrons. The van der Waals surface area contributed by atoms with E-state index in [1.807, 2.05) is 36.4 Å². The smallest absolute Gasteiger partial charge is 0.251 e. The molecular formula is C23H27N3O3. The van der Waals surface area contributed by atoms with Gasteiger partial charge in [-0.05, 0) is 30.5 Å². The topological polar surface area (TPSA) is 69.7 Å². The number of hydrogen-bond acceptors (Lipinski definition) is 3. The fourth-order valence-corrected chi connectivity index (χ4v) is 3.68. The van der Waals surface area contributed by atoms with E-state index < -0.39 is 12.1 Å². The second-order valence-corrected chi connectivity index (χ2v) is 7.48. The Balaban J connectivity index is 1.77. The fraction of sp³-hybridized carbons (Fsp3) is 0.348. The van der Waals surface area contributed by atoms with Gasteiger partial charge in [0.15, 0.2) is 0 Å². The molecule has 3 rings (SSSR count). The van der Waals surface area contributed by atoms with Gasteiger partial charge in [-0.3, -0.25) is 14.4 Å². The molecular weight excluding hydrogens is 366 g/mol. The first-order valence-electron chi connectivity index (χ1n) is 9.89. The molecule has 2 atom stereocenters. The molecule has 1 heterocycles. The predicted octanol–water partition coefficient (Wildman–Crippen LogP) is 2.63. The minimum absolute atomic E-state index is 0.0552. The van der Waals surface area contributed by atoms with Crippen LogP contribution in [0.25, 0.3) is 0 Å². The lowest BCUT2D eigenvalue weighted by Gasteiger charge is -2.28. The molecule has 0 spiro atoms. The number of likely N-dealkylation sites (tertiary alicyclic amines) is 1. The molecule has 1 aliphatic rings. The Bertz CT molecular complexity index is 852. The van der Waals surface area contributed by atoms with Gasteiger partial charge in [0.05, 0.1) is 12.5 Å². The zero-order valence-electron chi connectivity index (χ0n) is 16.9. The Labute approximate surface area is 171 Å². The average Bonchev–Trinajstić information content (AvgIpc) is 3.23. The maximum absolute atomic E-state index is 13.1. The van der Waals surface area contributed by atoms with Crippen LogP contribution in [0.3, 0.4) is 0 Å². The van der Waals surface area contributed by atoms with Gasteiger partial charge in [0.2, 0.25) is 11.8 Å². The largest absolute Gasteiger partial charge is 0.347 e. The molecule has 1 saturated heterocycles. The van der Waals surface area contributed by atoms with Crippen LogP contribution < -0.4 is 5.32 Å². The van der Waals surface area contributed by atoms with Crippen molar-refractivity contribution in [1.29, 1.82) is 0 Å². The summed E-state index contributed by atoms with van der Waals surface area (Å²) in [5, 5.41) is 2.99. The SMILES string of the molecule is CN(C)C(=O)C1CCCN1C(=O)CC(NC(=O)c1ccccc1)c1ccccc1. The third-order valence-corrected chi connectivity index (χ3v) is 5.22. The van der Waals surface area contributed by atoms with E-state index in [0.717, 1.165) is 12.0 Å². The highest BCUT2D eigenvalue weighted by Gasteiger charge is 2.35. The maximum atomic E-state index is 13.1. The summed E-state index contributed by atoms with van der Waals surface area (Å²) in [5.74, 6) is -0.403. The molecule has 0 saturated carbocycles. The summed E-state index contributed by atoms with van der Waals surface area (Å²) in [4.78, 5) is 41.4. The Morgan fingerprint density at radius 1 is 1.03 bits per heavy atom. The molecule has 2 unspecified atom stereocenters. The number of carbonyl (C=O) groups is 3. The highest BCUT2D eigenvalue weighted by Crippen LogP contribution is 2.24. The van der Waals surface area contributed by atoms with Gasteiger partial charge in [-0.15, -0.1) is 0 Å². The van der Waals surface area contributed by atoms with Crippen molar-refractivity contribution >= 4 is 17.7 Å². The van der Waals surface area contributed by atoms with Gasteiger partial charge >= 0.3 is 0 Å². The lowest BCUT2D eigenvalue weighted by molar-refractivity contribution is -0.142. The predicted molar refractivity (Wildman–Crippen MR) is 111 cm³/mol. The summed E-state index contributed by atoms with van der Waals surface area (Å²) in [6.45, 7) is 0.567. The number of benzene rings is 2. The minimum Gasteiger partial charge on any atom is -0.347 e. The molecule has 0 bridgehead atoms. The third kappa shape index (κ3) is 5.02. The van der Waals surface area contributed by atoms with Crippen molar-refractivity contribution in [3.8, 4) is 0 Å². The van der Waals surface area contributed by atoms with E-state index in [4.69, 9.17) is 0 Å². The van der Waals surface area contributed by atoms with Crippen molar-refractivity contribution in [2.45, 2.75) is 31.3 Å². The molecule has 1 N–H and O–H groups in total. The standard InChI is InChI=1S/C23H27N3O3/c1-25(2)23(29)20-14-9-15-26(20)21(27)16-19(17-10-5-3-6-11-17)24-22(28)18-12-7-4-8-13-18/h3-8,10-13,19-20H,9,14-16H2,1-2H3,(H,24,28). The fourth-order valence-electron chi connectivity index (χ4n) is 3.68. The average molecular weight is 393 g/mol. The highest BCUT2D eigenvalue weighted by atomic mass is 16.2. The minimum atomic E-state index is -0.466. The van der Waals surface area contributed by atoms with Crippen molar-refractivity contribution in [3.05, 3.63) is 71.8 Å². The molecule has 6 heteroatoms. The molecule has 1 aliphatic heterocycles. The van der Waals surface area contributed by atoms with E-state index in [2.05, 4.69) is 5.32 Å². The number of likely N-dealkylation sites (N-methyl/N-ethyl adjacent to an activating group) is 1. The van der Waals surface area contributed by atoms with Crippen LogP contribution in [0.1, 0.15) is 41.2 Å². The van der Waals surface area contributed by atoms with E-state index >= 15 is 0 Å². The van der Waals surface area contributed by atoms with E-state index in [1.165, 1.54) is 4.90 Å². The van der Waals surface area contributed by atoms with Crippen LogP contribution in [-0.2, 0) is 9.59 Å². The van der Waals surface area contributed by atoms with E-state index in [-0.39, 0.29) is 24.1 Å². The molecule has 0 aliphatic carbocycles. The molecule has 0 aromatic heterocycles. The van der Waals surface area contributed by atoms with Crippen LogP contribution >= 0.6 is 0 Å². The number of rotatable bonds is 6. The van der Waals surface area contributed by atoms with Gasteiger partial charge in [0.25, 0.3) is 5.91 Å². The molecule has 6 nitrogen and oxygen atoms in total. The number of nitrogens with one attached hydrogen (secondary N) is 1. The first-order chi connectivity index (χ1) is 14.0. The molecule has 2 aromatic carbocycles. The van der Waals surface area contributed by atoms with Crippen molar-refractivity contribution in [2.75, 3.05) is 20.6 Å². The highest BCUT2D eigenvalue weighted by molar-refractivity contribution is 5.95. The number of amides is 3. The van der Waals surface area contributed by atoms with Crippen molar-refractivity contribution in [1.82, 2.24) is 15.1 Å². The first kappa shape index (κ1) is 20.6. The maximum Gasteiger partial charge on any atom is 0.251 e.